The van der Waals surface area contributed by atoms with Crippen molar-refractivity contribution >= 4 is 28.4 Å². The summed E-state index contributed by atoms with van der Waals surface area (Å²) in [4.78, 5) is 25.3. The summed E-state index contributed by atoms with van der Waals surface area (Å²) in [6, 6.07) is 7.75. The average Bonchev–Trinajstić information content (AvgIpc) is 3.17. The Morgan fingerprint density at radius 3 is 2.52 bits per heavy atom. The fourth-order valence-electron chi connectivity index (χ4n) is 2.62. The van der Waals surface area contributed by atoms with Crippen molar-refractivity contribution in [3.05, 3.63) is 40.9 Å². The van der Waals surface area contributed by atoms with Gasteiger partial charge in [-0.2, -0.15) is 13.2 Å². The van der Waals surface area contributed by atoms with E-state index in [1.165, 1.54) is 0 Å². The zero-order chi connectivity index (χ0) is 19.7. The molecular weight excluding hydrogens is 383 g/mol. The molecule has 2 N–H and O–H groups in total. The molecule has 144 valence electrons. The van der Waals surface area contributed by atoms with E-state index in [1.54, 1.807) is 42.6 Å². The van der Waals surface area contributed by atoms with Crippen molar-refractivity contribution in [2.45, 2.75) is 31.6 Å². The number of carbonyl (C=O) groups excluding carboxylic acids is 2. The van der Waals surface area contributed by atoms with E-state index in [1.807, 2.05) is 0 Å². The predicted octanol–water partition coefficient (Wildman–Crippen LogP) is 2.57. The zero-order valence-corrected chi connectivity index (χ0v) is 15.0. The highest BCUT2D eigenvalue weighted by Crippen LogP contribution is 2.37. The van der Waals surface area contributed by atoms with Gasteiger partial charge < -0.3 is 5.32 Å². The van der Waals surface area contributed by atoms with Gasteiger partial charge in [-0.1, -0.05) is 48.6 Å². The van der Waals surface area contributed by atoms with Crippen molar-refractivity contribution in [3.63, 3.8) is 0 Å². The van der Waals surface area contributed by atoms with E-state index in [0.717, 1.165) is 16.9 Å². The maximum absolute atomic E-state index is 13.8. The van der Waals surface area contributed by atoms with E-state index in [9.17, 15) is 22.8 Å². The summed E-state index contributed by atoms with van der Waals surface area (Å²) in [5.41, 5.74) is -2.46. The fourth-order valence-corrected chi connectivity index (χ4v) is 3.35. The predicted molar refractivity (Wildman–Crippen MR) is 92.1 cm³/mol. The lowest BCUT2D eigenvalue weighted by Gasteiger charge is -2.29. The van der Waals surface area contributed by atoms with Gasteiger partial charge in [-0.05, 0) is 18.4 Å². The van der Waals surface area contributed by atoms with Crippen LogP contribution in [0, 0.1) is 0 Å². The molecule has 2 heterocycles. The van der Waals surface area contributed by atoms with Gasteiger partial charge >= 0.3 is 12.2 Å². The molecule has 2 aromatic rings. The first-order valence-corrected chi connectivity index (χ1v) is 8.94. The van der Waals surface area contributed by atoms with Crippen LogP contribution in [0.15, 0.2) is 30.3 Å². The number of nitrogens with zero attached hydrogens (tertiary/aromatic N) is 3. The molecule has 1 aromatic heterocycles. The Morgan fingerprint density at radius 2 is 1.93 bits per heavy atom. The molecule has 3 amide bonds. The number of amides is 3. The van der Waals surface area contributed by atoms with Gasteiger partial charge in [0.1, 0.15) is 5.01 Å². The summed E-state index contributed by atoms with van der Waals surface area (Å²) in [5, 5.41) is 11.5. The number of anilines is 1. The van der Waals surface area contributed by atoms with Crippen LogP contribution in [0.2, 0.25) is 0 Å². The Balaban J connectivity index is 1.84. The molecule has 0 spiro atoms. The minimum absolute atomic E-state index is 0.176. The number of aromatic nitrogens is 2. The lowest BCUT2D eigenvalue weighted by molar-refractivity contribution is -0.188. The third-order valence-corrected chi connectivity index (χ3v) is 5.04. The monoisotopic (exact) mass is 399 g/mol. The highest BCUT2D eigenvalue weighted by atomic mass is 32.1. The SMILES string of the molecule is CCc1nnc(N[C@@]2(C(F)(F)F)NC(=O)N(CCc3ccccc3)C2=O)s1. The minimum atomic E-state index is -5.07. The van der Waals surface area contributed by atoms with E-state index in [4.69, 9.17) is 0 Å². The number of alkyl halides is 3. The summed E-state index contributed by atoms with van der Waals surface area (Å²) < 4.78 is 41.3. The molecule has 0 radical (unpaired) electrons. The van der Waals surface area contributed by atoms with Crippen LogP contribution in [0.5, 0.6) is 0 Å². The Kier molecular flexibility index (Phi) is 5.05. The van der Waals surface area contributed by atoms with Crippen LogP contribution in [0.1, 0.15) is 17.5 Å². The summed E-state index contributed by atoms with van der Waals surface area (Å²) in [6.07, 6.45) is -4.34. The molecule has 0 unspecified atom stereocenters. The number of hydrogen-bond acceptors (Lipinski definition) is 6. The van der Waals surface area contributed by atoms with Gasteiger partial charge in [0.2, 0.25) is 5.13 Å². The van der Waals surface area contributed by atoms with Crippen LogP contribution in [0.25, 0.3) is 0 Å². The van der Waals surface area contributed by atoms with Crippen molar-refractivity contribution in [2.24, 2.45) is 0 Å². The first-order chi connectivity index (χ1) is 12.8. The normalized spacial score (nSPS) is 20.1. The maximum atomic E-state index is 13.8. The molecule has 1 aliphatic heterocycles. The Labute approximate surface area is 156 Å². The molecule has 1 atom stereocenters. The van der Waals surface area contributed by atoms with E-state index in [2.05, 4.69) is 15.5 Å². The number of imide groups is 1. The second-order valence-electron chi connectivity index (χ2n) is 5.85. The van der Waals surface area contributed by atoms with Crippen LogP contribution in [0.4, 0.5) is 23.1 Å². The Bertz CT molecular complexity index is 842. The third-order valence-electron chi connectivity index (χ3n) is 4.06. The second kappa shape index (κ2) is 7.14. The number of benzene rings is 1. The molecule has 1 aliphatic rings. The smallest absolute Gasteiger partial charge is 0.322 e. The van der Waals surface area contributed by atoms with Gasteiger partial charge in [-0.15, -0.1) is 10.2 Å². The minimum Gasteiger partial charge on any atom is -0.322 e. The molecule has 1 aromatic carbocycles. The van der Waals surface area contributed by atoms with Gasteiger partial charge in [0, 0.05) is 6.54 Å². The van der Waals surface area contributed by atoms with Gasteiger partial charge in [-0.3, -0.25) is 15.0 Å². The van der Waals surface area contributed by atoms with Gasteiger partial charge in [0.15, 0.2) is 0 Å². The lowest BCUT2D eigenvalue weighted by Crippen LogP contribution is -2.64. The van der Waals surface area contributed by atoms with Crippen LogP contribution < -0.4 is 10.6 Å². The Morgan fingerprint density at radius 1 is 1.22 bits per heavy atom. The standard InChI is InChI=1S/C16H16F3N5O2S/c1-2-11-22-23-13(27-11)20-15(16(17,18)19)12(25)24(14(26)21-15)9-8-10-6-4-3-5-7-10/h3-7H,2,8-9H2,1H3,(H,20,23)(H,21,26)/t15-/m1/s1. The number of aryl methyl sites for hydroxylation is 1. The molecule has 11 heteroatoms. The van der Waals surface area contributed by atoms with Gasteiger partial charge in [-0.25, -0.2) is 4.79 Å². The average molecular weight is 399 g/mol. The lowest BCUT2D eigenvalue weighted by atomic mass is 10.1. The zero-order valence-electron chi connectivity index (χ0n) is 14.2. The van der Waals surface area contributed by atoms with Gasteiger partial charge in [0.05, 0.1) is 0 Å². The van der Waals surface area contributed by atoms with Gasteiger partial charge in [0.25, 0.3) is 11.6 Å². The fraction of sp³-hybridized carbons (Fsp3) is 0.375. The number of rotatable bonds is 6. The van der Waals surface area contributed by atoms with Crippen LogP contribution in [-0.2, 0) is 17.6 Å². The summed E-state index contributed by atoms with van der Waals surface area (Å²) in [7, 11) is 0. The summed E-state index contributed by atoms with van der Waals surface area (Å²) >= 11 is 0.894. The number of halogens is 3. The number of urea groups is 1. The number of nitrogens with one attached hydrogen (secondary N) is 2. The number of carbonyl (C=O) groups is 2. The van der Waals surface area contributed by atoms with Crippen molar-refractivity contribution in [3.8, 4) is 0 Å². The van der Waals surface area contributed by atoms with Crippen molar-refractivity contribution in [2.75, 3.05) is 11.9 Å². The molecule has 1 fully saturated rings. The van der Waals surface area contributed by atoms with Crippen LogP contribution in [-0.4, -0.2) is 45.4 Å². The molecule has 7 nitrogen and oxygen atoms in total. The van der Waals surface area contributed by atoms with E-state index >= 15 is 0 Å². The summed E-state index contributed by atoms with van der Waals surface area (Å²) in [5.74, 6) is -1.41. The first kappa shape index (κ1) is 19.1. The largest absolute Gasteiger partial charge is 0.440 e. The van der Waals surface area contributed by atoms with Crippen molar-refractivity contribution in [1.82, 2.24) is 20.4 Å². The topological polar surface area (TPSA) is 87.2 Å². The molecule has 3 rings (SSSR count). The summed E-state index contributed by atoms with van der Waals surface area (Å²) in [6.45, 7) is 1.60. The van der Waals surface area contributed by atoms with Crippen LogP contribution >= 0.6 is 11.3 Å². The van der Waals surface area contributed by atoms with Crippen molar-refractivity contribution < 1.29 is 22.8 Å². The second-order valence-corrected chi connectivity index (χ2v) is 6.91. The van der Waals surface area contributed by atoms with E-state index in [0.29, 0.717) is 16.3 Å². The highest BCUT2D eigenvalue weighted by Gasteiger charge is 2.68. The molecule has 0 aliphatic carbocycles. The molecule has 0 bridgehead atoms. The third kappa shape index (κ3) is 3.59. The van der Waals surface area contributed by atoms with E-state index in [-0.39, 0.29) is 18.1 Å². The van der Waals surface area contributed by atoms with Crippen molar-refractivity contribution in [1.29, 1.82) is 0 Å². The molecule has 1 saturated heterocycles. The molecule has 0 saturated carbocycles. The highest BCUT2D eigenvalue weighted by molar-refractivity contribution is 7.15. The molecule has 27 heavy (non-hydrogen) atoms. The number of hydrogen-bond donors (Lipinski definition) is 2. The van der Waals surface area contributed by atoms with Crippen LogP contribution in [0.3, 0.4) is 0 Å². The quantitative estimate of drug-likeness (QED) is 0.729. The molecular formula is C16H16F3N5O2S. The first-order valence-electron chi connectivity index (χ1n) is 8.12. The maximum Gasteiger partial charge on any atom is 0.440 e. The Hall–Kier alpha value is -2.69. The van der Waals surface area contributed by atoms with E-state index < -0.39 is 23.8 Å².